The minimum absolute atomic E-state index is 0.361. The van der Waals surface area contributed by atoms with Crippen LogP contribution in [0.4, 0.5) is 11.5 Å². The van der Waals surface area contributed by atoms with Crippen LogP contribution in [0.1, 0.15) is 38.1 Å². The van der Waals surface area contributed by atoms with Crippen molar-refractivity contribution in [1.29, 1.82) is 0 Å². The Morgan fingerprint density at radius 1 is 1.06 bits per heavy atom. The van der Waals surface area contributed by atoms with Gasteiger partial charge in [0.25, 0.3) is 0 Å². The largest absolute Gasteiger partial charge is 0.382 e. The summed E-state index contributed by atoms with van der Waals surface area (Å²) in [6.45, 7) is 0. The van der Waals surface area contributed by atoms with Gasteiger partial charge in [-0.15, -0.1) is 0 Å². The maximum atomic E-state index is 11.7. The van der Waals surface area contributed by atoms with Crippen molar-refractivity contribution in [3.05, 3.63) is 48.9 Å². The van der Waals surface area contributed by atoms with Gasteiger partial charge in [0, 0.05) is 23.0 Å². The molecule has 3 aromatic heterocycles. The average molecular weight is 452 g/mol. The molecule has 0 atom stereocenters. The highest BCUT2D eigenvalue weighted by atomic mass is 32.2. The van der Waals surface area contributed by atoms with E-state index in [1.165, 1.54) is 25.6 Å². The third-order valence-corrected chi connectivity index (χ3v) is 6.52. The van der Waals surface area contributed by atoms with Gasteiger partial charge in [0.15, 0.2) is 5.82 Å². The van der Waals surface area contributed by atoms with Gasteiger partial charge in [0.1, 0.15) is 11.8 Å². The van der Waals surface area contributed by atoms with E-state index in [1.54, 1.807) is 22.7 Å². The van der Waals surface area contributed by atoms with Crippen LogP contribution in [-0.2, 0) is 10.0 Å². The summed E-state index contributed by atoms with van der Waals surface area (Å²) < 4.78 is 29.8. The quantitative estimate of drug-likeness (QED) is 0.477. The Labute approximate surface area is 186 Å². The summed E-state index contributed by atoms with van der Waals surface area (Å²) in [5.74, 6) is 0.378. The molecule has 9 nitrogen and oxygen atoms in total. The molecule has 32 heavy (non-hydrogen) atoms. The zero-order chi connectivity index (χ0) is 22.3. The summed E-state index contributed by atoms with van der Waals surface area (Å²) in [6.07, 6.45) is 10.3. The molecule has 3 heterocycles. The zero-order valence-corrected chi connectivity index (χ0v) is 18.6. The summed E-state index contributed by atoms with van der Waals surface area (Å²) in [5.41, 5.74) is 11.0. The normalized spacial score (nSPS) is 15.3. The molecule has 0 amide bonds. The van der Waals surface area contributed by atoms with Crippen molar-refractivity contribution in [3.63, 3.8) is 0 Å². The van der Waals surface area contributed by atoms with Crippen LogP contribution in [0.15, 0.2) is 48.9 Å². The van der Waals surface area contributed by atoms with Gasteiger partial charge in [-0.2, -0.15) is 10.2 Å². The number of hydrogen-bond donors (Lipinski definition) is 2. The van der Waals surface area contributed by atoms with E-state index in [9.17, 15) is 8.42 Å². The first-order chi connectivity index (χ1) is 15.4. The lowest BCUT2D eigenvalue weighted by Crippen LogP contribution is -2.15. The summed E-state index contributed by atoms with van der Waals surface area (Å²) in [6, 6.07) is 11.6. The first kappa shape index (κ1) is 20.5. The van der Waals surface area contributed by atoms with Crippen molar-refractivity contribution in [2.75, 3.05) is 16.7 Å². The van der Waals surface area contributed by atoms with Gasteiger partial charge < -0.3 is 5.73 Å². The number of benzene rings is 1. The summed E-state index contributed by atoms with van der Waals surface area (Å²) in [4.78, 5) is 4.22. The van der Waals surface area contributed by atoms with E-state index in [0.717, 1.165) is 41.6 Å². The Morgan fingerprint density at radius 2 is 1.88 bits per heavy atom. The van der Waals surface area contributed by atoms with Crippen molar-refractivity contribution in [2.24, 2.45) is 0 Å². The van der Waals surface area contributed by atoms with Crippen LogP contribution in [0.3, 0.4) is 0 Å². The van der Waals surface area contributed by atoms with Crippen LogP contribution >= 0.6 is 0 Å². The first-order valence-corrected chi connectivity index (χ1v) is 12.5. The molecule has 0 spiro atoms. The first-order valence-electron chi connectivity index (χ1n) is 10.6. The Balaban J connectivity index is 1.67. The second-order valence-electron chi connectivity index (χ2n) is 8.26. The Hall–Kier alpha value is -3.40. The van der Waals surface area contributed by atoms with Crippen LogP contribution in [0.25, 0.3) is 28.0 Å². The number of nitrogens with two attached hydrogens (primary N) is 1. The second kappa shape index (κ2) is 7.94. The highest BCUT2D eigenvalue weighted by Gasteiger charge is 2.23. The van der Waals surface area contributed by atoms with Crippen LogP contribution in [0.5, 0.6) is 0 Å². The molecule has 1 saturated carbocycles. The third kappa shape index (κ3) is 3.81. The van der Waals surface area contributed by atoms with E-state index < -0.39 is 10.0 Å². The molecule has 166 valence electrons. The minimum Gasteiger partial charge on any atom is -0.382 e. The summed E-state index contributed by atoms with van der Waals surface area (Å²) >= 11 is 0. The Kier molecular flexibility index (Phi) is 5.09. The van der Waals surface area contributed by atoms with E-state index in [2.05, 4.69) is 24.6 Å². The molecule has 1 fully saturated rings. The molecule has 1 aliphatic carbocycles. The molecular weight excluding hydrogens is 426 g/mol. The summed E-state index contributed by atoms with van der Waals surface area (Å²) in [5, 5.41) is 9.09. The molecule has 0 radical (unpaired) electrons. The highest BCUT2D eigenvalue weighted by Crippen LogP contribution is 2.38. The zero-order valence-electron chi connectivity index (χ0n) is 17.8. The van der Waals surface area contributed by atoms with Gasteiger partial charge in [-0.3, -0.25) is 9.40 Å². The predicted octanol–water partition coefficient (Wildman–Crippen LogP) is 3.72. The molecule has 1 aromatic carbocycles. The van der Waals surface area contributed by atoms with Gasteiger partial charge in [0.05, 0.1) is 23.7 Å². The second-order valence-corrected chi connectivity index (χ2v) is 10.0. The van der Waals surface area contributed by atoms with E-state index in [1.807, 2.05) is 24.4 Å². The fourth-order valence-electron chi connectivity index (χ4n) is 4.57. The van der Waals surface area contributed by atoms with E-state index in [0.29, 0.717) is 23.1 Å². The minimum atomic E-state index is -3.39. The van der Waals surface area contributed by atoms with Crippen molar-refractivity contribution in [3.8, 4) is 22.5 Å². The Morgan fingerprint density at radius 3 is 2.66 bits per heavy atom. The molecule has 0 bridgehead atoms. The molecule has 0 aliphatic heterocycles. The lowest BCUT2D eigenvalue weighted by Gasteiger charge is -2.23. The average Bonchev–Trinajstić information content (AvgIpc) is 3.39. The van der Waals surface area contributed by atoms with Gasteiger partial charge >= 0.3 is 0 Å². The van der Waals surface area contributed by atoms with Crippen molar-refractivity contribution in [1.82, 2.24) is 24.4 Å². The van der Waals surface area contributed by atoms with Crippen molar-refractivity contribution in [2.45, 2.75) is 38.1 Å². The number of nitrogens with one attached hydrogen (secondary N) is 1. The number of anilines is 2. The third-order valence-electron chi connectivity index (χ3n) is 5.91. The number of fused-ring (bicyclic) bond motifs is 1. The maximum absolute atomic E-state index is 11.7. The SMILES string of the molecule is CS(=O)(=O)Nc1cccc(-c2cc(-c3ccnn3C3CCCCC3)c3c(N)ncnn23)c1. The molecule has 0 unspecified atom stereocenters. The smallest absolute Gasteiger partial charge is 0.229 e. The number of sulfonamides is 1. The molecule has 5 rings (SSSR count). The van der Waals surface area contributed by atoms with E-state index in [4.69, 9.17) is 5.73 Å². The lowest BCUT2D eigenvalue weighted by atomic mass is 9.95. The lowest BCUT2D eigenvalue weighted by molar-refractivity contribution is 0.332. The fourth-order valence-corrected chi connectivity index (χ4v) is 5.12. The van der Waals surface area contributed by atoms with Crippen LogP contribution in [0, 0.1) is 0 Å². The predicted molar refractivity (Wildman–Crippen MR) is 125 cm³/mol. The van der Waals surface area contributed by atoms with Gasteiger partial charge in [0.2, 0.25) is 10.0 Å². The van der Waals surface area contributed by atoms with Gasteiger partial charge in [-0.25, -0.2) is 17.9 Å². The number of rotatable bonds is 5. The molecule has 3 N–H and O–H groups in total. The molecule has 4 aromatic rings. The van der Waals surface area contributed by atoms with Gasteiger partial charge in [-0.05, 0) is 37.1 Å². The number of nitrogens with zero attached hydrogens (tertiary/aromatic N) is 5. The number of nitrogen functional groups attached to an aromatic ring is 1. The van der Waals surface area contributed by atoms with Crippen LogP contribution < -0.4 is 10.5 Å². The summed E-state index contributed by atoms with van der Waals surface area (Å²) in [7, 11) is -3.39. The number of aromatic nitrogens is 5. The van der Waals surface area contributed by atoms with E-state index in [-0.39, 0.29) is 0 Å². The van der Waals surface area contributed by atoms with Crippen LogP contribution in [0.2, 0.25) is 0 Å². The highest BCUT2D eigenvalue weighted by molar-refractivity contribution is 7.92. The van der Waals surface area contributed by atoms with Crippen molar-refractivity contribution >= 4 is 27.0 Å². The molecule has 0 saturated heterocycles. The standard InChI is InChI=1S/C22H25N7O2S/c1-32(30,31)27-16-7-5-6-15(12-16)20-13-18(21-22(23)24-14-26-29(20)21)19-10-11-25-28(19)17-8-3-2-4-9-17/h5-7,10-14,17,27H,2-4,8-9H2,1H3,(H2,23,24,26). The maximum Gasteiger partial charge on any atom is 0.229 e. The Bertz CT molecular complexity index is 1380. The molecule has 10 heteroatoms. The fraction of sp³-hybridized carbons (Fsp3) is 0.318. The monoisotopic (exact) mass is 451 g/mol. The topological polar surface area (TPSA) is 120 Å². The van der Waals surface area contributed by atoms with Crippen LogP contribution in [-0.4, -0.2) is 39.1 Å². The number of hydrogen-bond acceptors (Lipinski definition) is 6. The molecular formula is C22H25N7O2S. The molecule has 1 aliphatic rings. The van der Waals surface area contributed by atoms with Crippen molar-refractivity contribution < 1.29 is 8.42 Å². The van der Waals surface area contributed by atoms with E-state index >= 15 is 0 Å². The van der Waals surface area contributed by atoms with Gasteiger partial charge in [-0.1, -0.05) is 31.4 Å².